The summed E-state index contributed by atoms with van der Waals surface area (Å²) >= 11 is 1.76. The van der Waals surface area contributed by atoms with Crippen LogP contribution in [0.3, 0.4) is 0 Å². The van der Waals surface area contributed by atoms with E-state index in [0.717, 1.165) is 12.6 Å². The fourth-order valence-electron chi connectivity index (χ4n) is 2.65. The third kappa shape index (κ3) is 3.76. The molecule has 0 unspecified atom stereocenters. The molecule has 0 bridgehead atoms. The highest BCUT2D eigenvalue weighted by Crippen LogP contribution is 2.24. The van der Waals surface area contributed by atoms with E-state index in [9.17, 15) is 0 Å². The maximum Gasteiger partial charge on any atom is 0.107 e. The van der Waals surface area contributed by atoms with Crippen LogP contribution in [0.25, 0.3) is 0 Å². The Morgan fingerprint density at radius 1 is 1.41 bits per heavy atom. The molecule has 0 aliphatic heterocycles. The van der Waals surface area contributed by atoms with E-state index in [1.54, 1.807) is 11.3 Å². The van der Waals surface area contributed by atoms with Crippen molar-refractivity contribution in [3.8, 4) is 0 Å². The monoisotopic (exact) mass is 253 g/mol. The first-order valence-corrected chi connectivity index (χ1v) is 7.55. The molecule has 0 amide bonds. The Morgan fingerprint density at radius 2 is 2.18 bits per heavy atom. The van der Waals surface area contributed by atoms with Crippen molar-refractivity contribution in [2.45, 2.75) is 57.7 Å². The van der Waals surface area contributed by atoms with Gasteiger partial charge in [0, 0.05) is 23.7 Å². The summed E-state index contributed by atoms with van der Waals surface area (Å²) in [6, 6.07) is 1.16. The van der Waals surface area contributed by atoms with Gasteiger partial charge in [-0.1, -0.05) is 6.92 Å². The molecule has 4 heteroatoms. The Bertz CT molecular complexity index is 304. The second-order valence-electron chi connectivity index (χ2n) is 4.96. The van der Waals surface area contributed by atoms with E-state index in [-0.39, 0.29) is 0 Å². The van der Waals surface area contributed by atoms with Crippen LogP contribution >= 0.6 is 11.3 Å². The first-order chi connectivity index (χ1) is 8.29. The number of hydrogen-bond acceptors (Lipinski definition) is 4. The zero-order valence-electron chi connectivity index (χ0n) is 10.6. The molecule has 0 spiro atoms. The van der Waals surface area contributed by atoms with Gasteiger partial charge < -0.3 is 5.73 Å². The van der Waals surface area contributed by atoms with Gasteiger partial charge in [-0.15, -0.1) is 11.3 Å². The average Bonchev–Trinajstić information content (AvgIpc) is 2.82. The molecule has 1 aromatic heterocycles. The average molecular weight is 253 g/mol. The third-order valence-corrected chi connectivity index (χ3v) is 4.35. The molecule has 1 saturated carbocycles. The zero-order valence-corrected chi connectivity index (χ0v) is 11.5. The van der Waals surface area contributed by atoms with Crippen molar-refractivity contribution in [2.75, 3.05) is 6.54 Å². The van der Waals surface area contributed by atoms with Gasteiger partial charge in [-0.2, -0.15) is 0 Å². The standard InChI is InChI=1S/C13H23N3S/c1-2-8-16(10-13-15-7-9-17-13)12-5-3-11(14)4-6-12/h7,9,11-12H,2-6,8,10,14H2,1H3. The van der Waals surface area contributed by atoms with Crippen molar-refractivity contribution in [3.63, 3.8) is 0 Å². The highest BCUT2D eigenvalue weighted by Gasteiger charge is 2.24. The lowest BCUT2D eigenvalue weighted by atomic mass is 9.90. The molecular formula is C13H23N3S. The van der Waals surface area contributed by atoms with Crippen LogP contribution in [-0.2, 0) is 6.54 Å². The van der Waals surface area contributed by atoms with Gasteiger partial charge in [0.15, 0.2) is 0 Å². The predicted octanol–water partition coefficient (Wildman–Crippen LogP) is 2.63. The molecule has 0 aromatic carbocycles. The van der Waals surface area contributed by atoms with Crippen LogP contribution in [0.4, 0.5) is 0 Å². The van der Waals surface area contributed by atoms with Crippen molar-refractivity contribution in [1.82, 2.24) is 9.88 Å². The smallest absolute Gasteiger partial charge is 0.107 e. The molecule has 1 aromatic rings. The lowest BCUT2D eigenvalue weighted by Gasteiger charge is -2.35. The molecule has 1 fully saturated rings. The minimum absolute atomic E-state index is 0.439. The molecule has 0 radical (unpaired) electrons. The first-order valence-electron chi connectivity index (χ1n) is 6.67. The second-order valence-corrected chi connectivity index (χ2v) is 5.94. The molecule has 0 atom stereocenters. The number of rotatable bonds is 5. The minimum atomic E-state index is 0.439. The van der Waals surface area contributed by atoms with E-state index in [1.807, 2.05) is 6.20 Å². The highest BCUT2D eigenvalue weighted by molar-refractivity contribution is 7.09. The Balaban J connectivity index is 1.92. The maximum absolute atomic E-state index is 5.98. The molecular weight excluding hydrogens is 230 g/mol. The number of aromatic nitrogens is 1. The molecule has 1 aliphatic rings. The predicted molar refractivity (Wildman–Crippen MR) is 73.0 cm³/mol. The van der Waals surface area contributed by atoms with Gasteiger partial charge in [0.1, 0.15) is 5.01 Å². The summed E-state index contributed by atoms with van der Waals surface area (Å²) in [6.07, 6.45) is 8.00. The number of thiazole rings is 1. The maximum atomic E-state index is 5.98. The van der Waals surface area contributed by atoms with Crippen molar-refractivity contribution < 1.29 is 0 Å². The Hall–Kier alpha value is -0.450. The molecule has 96 valence electrons. The fourth-order valence-corrected chi connectivity index (χ4v) is 3.29. The quantitative estimate of drug-likeness (QED) is 0.877. The summed E-state index contributed by atoms with van der Waals surface area (Å²) < 4.78 is 0. The normalized spacial score (nSPS) is 25.4. The van der Waals surface area contributed by atoms with Crippen LogP contribution in [0.1, 0.15) is 44.0 Å². The summed E-state index contributed by atoms with van der Waals surface area (Å²) in [5.41, 5.74) is 5.98. The second kappa shape index (κ2) is 6.47. The Kier molecular flexibility index (Phi) is 4.95. The van der Waals surface area contributed by atoms with Gasteiger partial charge in [-0.25, -0.2) is 4.98 Å². The summed E-state index contributed by atoms with van der Waals surface area (Å²) in [6.45, 7) is 4.45. The van der Waals surface area contributed by atoms with Crippen LogP contribution in [0.2, 0.25) is 0 Å². The first kappa shape index (κ1) is 13.0. The SMILES string of the molecule is CCCN(Cc1nccs1)C1CCC(N)CC1. The Labute approximate surface area is 108 Å². The summed E-state index contributed by atoms with van der Waals surface area (Å²) in [7, 11) is 0. The molecule has 17 heavy (non-hydrogen) atoms. The molecule has 3 nitrogen and oxygen atoms in total. The van der Waals surface area contributed by atoms with Crippen molar-refractivity contribution in [2.24, 2.45) is 5.73 Å². The van der Waals surface area contributed by atoms with Gasteiger partial charge in [0.25, 0.3) is 0 Å². The third-order valence-electron chi connectivity index (χ3n) is 3.59. The lowest BCUT2D eigenvalue weighted by molar-refractivity contribution is 0.142. The van der Waals surface area contributed by atoms with Gasteiger partial charge >= 0.3 is 0 Å². The van der Waals surface area contributed by atoms with E-state index in [1.165, 1.54) is 43.7 Å². The molecule has 2 rings (SSSR count). The molecule has 0 saturated heterocycles. The fraction of sp³-hybridized carbons (Fsp3) is 0.769. The minimum Gasteiger partial charge on any atom is -0.328 e. The van der Waals surface area contributed by atoms with Crippen LogP contribution < -0.4 is 5.73 Å². The van der Waals surface area contributed by atoms with Gasteiger partial charge in [0.2, 0.25) is 0 Å². The topological polar surface area (TPSA) is 42.2 Å². The van der Waals surface area contributed by atoms with Crippen LogP contribution in [0.5, 0.6) is 0 Å². The molecule has 2 N–H and O–H groups in total. The van der Waals surface area contributed by atoms with E-state index in [2.05, 4.69) is 22.2 Å². The lowest BCUT2D eigenvalue weighted by Crippen LogP contribution is -2.40. The van der Waals surface area contributed by atoms with Crippen molar-refractivity contribution in [3.05, 3.63) is 16.6 Å². The van der Waals surface area contributed by atoms with Gasteiger partial charge in [-0.3, -0.25) is 4.90 Å². The summed E-state index contributed by atoms with van der Waals surface area (Å²) in [5.74, 6) is 0. The number of nitrogens with two attached hydrogens (primary N) is 1. The van der Waals surface area contributed by atoms with E-state index in [4.69, 9.17) is 5.73 Å². The zero-order chi connectivity index (χ0) is 12.1. The van der Waals surface area contributed by atoms with Gasteiger partial charge in [0.05, 0.1) is 6.54 Å². The van der Waals surface area contributed by atoms with Crippen molar-refractivity contribution in [1.29, 1.82) is 0 Å². The van der Waals surface area contributed by atoms with Crippen LogP contribution in [0, 0.1) is 0 Å². The number of nitrogens with zero attached hydrogens (tertiary/aromatic N) is 2. The molecule has 1 aliphatic carbocycles. The van der Waals surface area contributed by atoms with E-state index >= 15 is 0 Å². The Morgan fingerprint density at radius 3 is 2.76 bits per heavy atom. The summed E-state index contributed by atoms with van der Waals surface area (Å²) in [5, 5.41) is 3.31. The largest absolute Gasteiger partial charge is 0.328 e. The van der Waals surface area contributed by atoms with E-state index in [0.29, 0.717) is 6.04 Å². The summed E-state index contributed by atoms with van der Waals surface area (Å²) in [4.78, 5) is 7.00. The van der Waals surface area contributed by atoms with Crippen molar-refractivity contribution >= 4 is 11.3 Å². The van der Waals surface area contributed by atoms with Gasteiger partial charge in [-0.05, 0) is 38.6 Å². The van der Waals surface area contributed by atoms with E-state index < -0.39 is 0 Å². The van der Waals surface area contributed by atoms with Crippen LogP contribution in [0.15, 0.2) is 11.6 Å². The molecule has 1 heterocycles. The van der Waals surface area contributed by atoms with Crippen LogP contribution in [-0.4, -0.2) is 28.5 Å². The highest BCUT2D eigenvalue weighted by atomic mass is 32.1. The number of hydrogen-bond donors (Lipinski definition) is 1.